The highest BCUT2D eigenvalue weighted by Gasteiger charge is 2.26. The number of rotatable bonds is 6. The van der Waals surface area contributed by atoms with Gasteiger partial charge in [0.25, 0.3) is 0 Å². The maximum atomic E-state index is 11.4. The number of esters is 1. The van der Waals surface area contributed by atoms with Crippen LogP contribution in [0.4, 0.5) is 0 Å². The summed E-state index contributed by atoms with van der Waals surface area (Å²) in [5.74, 6) is -0.0449. The number of aryl methyl sites for hydroxylation is 1. The van der Waals surface area contributed by atoms with Crippen molar-refractivity contribution in [1.82, 2.24) is 15.0 Å². The summed E-state index contributed by atoms with van der Waals surface area (Å²) in [6.07, 6.45) is 0.854. The first kappa shape index (κ1) is 19.2. The number of aromatic hydroxyl groups is 1. The molecule has 142 valence electrons. The Kier molecular flexibility index (Phi) is 5.37. The van der Waals surface area contributed by atoms with Gasteiger partial charge in [-0.05, 0) is 36.2 Å². The molecule has 0 unspecified atom stereocenters. The molecular formula is C20H22ClN3O3. The summed E-state index contributed by atoms with van der Waals surface area (Å²) in [6, 6.07) is 10.8. The van der Waals surface area contributed by atoms with E-state index in [0.29, 0.717) is 24.4 Å². The Labute approximate surface area is 162 Å². The topological polar surface area (TPSA) is 77.2 Å². The lowest BCUT2D eigenvalue weighted by Gasteiger charge is -2.26. The lowest BCUT2D eigenvalue weighted by molar-refractivity contribution is -0.140. The van der Waals surface area contributed by atoms with Crippen molar-refractivity contribution in [2.24, 2.45) is 0 Å². The minimum Gasteiger partial charge on any atom is -0.508 e. The molecule has 6 nitrogen and oxygen atoms in total. The molecule has 1 N–H and O–H groups in total. The maximum absolute atomic E-state index is 11.4. The van der Waals surface area contributed by atoms with E-state index in [-0.39, 0.29) is 11.7 Å². The zero-order valence-electron chi connectivity index (χ0n) is 15.6. The number of methoxy groups -OCH3 is 1. The number of phenols is 1. The highest BCUT2D eigenvalue weighted by Crippen LogP contribution is 2.33. The van der Waals surface area contributed by atoms with Gasteiger partial charge >= 0.3 is 5.97 Å². The summed E-state index contributed by atoms with van der Waals surface area (Å²) in [6.45, 7) is 4.52. The van der Waals surface area contributed by atoms with Crippen LogP contribution in [0.25, 0.3) is 11.0 Å². The maximum Gasteiger partial charge on any atom is 0.305 e. The molecule has 1 heterocycles. The van der Waals surface area contributed by atoms with E-state index in [2.05, 4.69) is 10.2 Å². The van der Waals surface area contributed by atoms with E-state index >= 15 is 0 Å². The van der Waals surface area contributed by atoms with Gasteiger partial charge in [-0.1, -0.05) is 37.6 Å². The van der Waals surface area contributed by atoms with Crippen molar-refractivity contribution in [3.8, 4) is 5.75 Å². The molecule has 0 saturated heterocycles. The molecule has 2 aromatic carbocycles. The standard InChI is InChI=1S/C20H22ClN3O3/c1-20(2,12-24-22-16-7-6-14(21)11-17(16)23-24)15-10-13(4-8-18(15)25)5-9-19(26)27-3/h4,6-8,10-11,25H,5,9,12H2,1-3H3. The van der Waals surface area contributed by atoms with Gasteiger partial charge in [-0.15, -0.1) is 0 Å². The monoisotopic (exact) mass is 387 g/mol. The van der Waals surface area contributed by atoms with Crippen LogP contribution in [0.5, 0.6) is 5.75 Å². The fourth-order valence-corrected chi connectivity index (χ4v) is 3.24. The van der Waals surface area contributed by atoms with Crippen molar-refractivity contribution in [3.63, 3.8) is 0 Å². The van der Waals surface area contributed by atoms with Crippen LogP contribution in [0.3, 0.4) is 0 Å². The van der Waals surface area contributed by atoms with E-state index in [1.165, 1.54) is 7.11 Å². The van der Waals surface area contributed by atoms with Crippen LogP contribution in [0.2, 0.25) is 5.02 Å². The van der Waals surface area contributed by atoms with Gasteiger partial charge in [-0.2, -0.15) is 15.0 Å². The second-order valence-corrected chi connectivity index (χ2v) is 7.61. The van der Waals surface area contributed by atoms with Crippen LogP contribution >= 0.6 is 11.6 Å². The molecule has 0 atom stereocenters. The van der Waals surface area contributed by atoms with Gasteiger partial charge in [0.15, 0.2) is 0 Å². The Bertz CT molecular complexity index is 982. The number of phenolic OH excluding ortho intramolecular Hbond substituents is 1. The Balaban J connectivity index is 1.85. The summed E-state index contributed by atoms with van der Waals surface area (Å²) in [7, 11) is 1.38. The van der Waals surface area contributed by atoms with Gasteiger partial charge in [-0.3, -0.25) is 4.79 Å². The van der Waals surface area contributed by atoms with Crippen LogP contribution < -0.4 is 0 Å². The SMILES string of the molecule is COC(=O)CCc1ccc(O)c(C(C)(C)Cn2nc3ccc(Cl)cc3n2)c1. The first-order chi connectivity index (χ1) is 12.8. The molecule has 0 aliphatic carbocycles. The van der Waals surface area contributed by atoms with Crippen molar-refractivity contribution in [2.75, 3.05) is 7.11 Å². The second-order valence-electron chi connectivity index (χ2n) is 7.17. The molecule has 0 amide bonds. The molecule has 7 heteroatoms. The highest BCUT2D eigenvalue weighted by molar-refractivity contribution is 6.31. The number of halogens is 1. The van der Waals surface area contributed by atoms with Crippen molar-refractivity contribution >= 4 is 28.6 Å². The third-order valence-electron chi connectivity index (χ3n) is 4.56. The number of benzene rings is 2. The number of fused-ring (bicyclic) bond motifs is 1. The number of hydrogen-bond acceptors (Lipinski definition) is 5. The Morgan fingerprint density at radius 2 is 1.93 bits per heavy atom. The number of carbonyl (C=O) groups excluding carboxylic acids is 1. The average Bonchev–Trinajstić information content (AvgIpc) is 3.00. The molecule has 0 bridgehead atoms. The number of ether oxygens (including phenoxy) is 1. The van der Waals surface area contributed by atoms with Gasteiger partial charge in [0, 0.05) is 22.4 Å². The third kappa shape index (κ3) is 4.39. The molecule has 1 aromatic heterocycles. The van der Waals surface area contributed by atoms with Gasteiger partial charge in [-0.25, -0.2) is 0 Å². The molecule has 0 aliphatic heterocycles. The number of carbonyl (C=O) groups is 1. The minimum absolute atomic E-state index is 0.210. The molecule has 0 spiro atoms. The quantitative estimate of drug-likeness (QED) is 0.649. The number of aromatic nitrogens is 3. The first-order valence-corrected chi connectivity index (χ1v) is 9.06. The van der Waals surface area contributed by atoms with Crippen LogP contribution in [0.15, 0.2) is 36.4 Å². The lowest BCUT2D eigenvalue weighted by Crippen LogP contribution is -2.26. The fraction of sp³-hybridized carbons (Fsp3) is 0.350. The van der Waals surface area contributed by atoms with E-state index in [4.69, 9.17) is 16.3 Å². The summed E-state index contributed by atoms with van der Waals surface area (Å²) in [5.41, 5.74) is 2.82. The van der Waals surface area contributed by atoms with E-state index in [9.17, 15) is 9.90 Å². The normalized spacial score (nSPS) is 11.7. The molecular weight excluding hydrogens is 366 g/mol. The van der Waals surface area contributed by atoms with Crippen LogP contribution in [0.1, 0.15) is 31.4 Å². The molecule has 0 saturated carbocycles. The Hall–Kier alpha value is -2.60. The first-order valence-electron chi connectivity index (χ1n) is 8.68. The van der Waals surface area contributed by atoms with Gasteiger partial charge < -0.3 is 9.84 Å². The molecule has 3 rings (SSSR count). The zero-order valence-corrected chi connectivity index (χ0v) is 16.3. The lowest BCUT2D eigenvalue weighted by atomic mass is 9.83. The van der Waals surface area contributed by atoms with Crippen molar-refractivity contribution in [1.29, 1.82) is 0 Å². The van der Waals surface area contributed by atoms with E-state index in [1.54, 1.807) is 23.0 Å². The largest absolute Gasteiger partial charge is 0.508 e. The van der Waals surface area contributed by atoms with Crippen LogP contribution in [-0.2, 0) is 27.9 Å². The predicted octanol–water partition coefficient (Wildman–Crippen LogP) is 3.87. The molecule has 0 fully saturated rings. The van der Waals surface area contributed by atoms with E-state index < -0.39 is 5.41 Å². The molecule has 3 aromatic rings. The predicted molar refractivity (Wildman–Crippen MR) is 104 cm³/mol. The summed E-state index contributed by atoms with van der Waals surface area (Å²) in [5, 5.41) is 20.0. The van der Waals surface area contributed by atoms with Crippen LogP contribution in [-0.4, -0.2) is 33.2 Å². The Morgan fingerprint density at radius 3 is 2.67 bits per heavy atom. The average molecular weight is 388 g/mol. The molecule has 0 aliphatic rings. The number of hydrogen-bond donors (Lipinski definition) is 1. The van der Waals surface area contributed by atoms with Crippen LogP contribution in [0, 0.1) is 0 Å². The molecule has 27 heavy (non-hydrogen) atoms. The third-order valence-corrected chi connectivity index (χ3v) is 4.79. The zero-order chi connectivity index (χ0) is 19.6. The smallest absolute Gasteiger partial charge is 0.305 e. The van der Waals surface area contributed by atoms with Gasteiger partial charge in [0.05, 0.1) is 13.7 Å². The molecule has 0 radical (unpaired) electrons. The fourth-order valence-electron chi connectivity index (χ4n) is 3.07. The van der Waals surface area contributed by atoms with E-state index in [0.717, 1.165) is 22.2 Å². The highest BCUT2D eigenvalue weighted by atomic mass is 35.5. The minimum atomic E-state index is -0.426. The van der Waals surface area contributed by atoms with Crippen molar-refractivity contribution in [3.05, 3.63) is 52.5 Å². The van der Waals surface area contributed by atoms with Gasteiger partial charge in [0.1, 0.15) is 16.8 Å². The van der Waals surface area contributed by atoms with Gasteiger partial charge in [0.2, 0.25) is 0 Å². The van der Waals surface area contributed by atoms with Crippen molar-refractivity contribution in [2.45, 2.75) is 38.6 Å². The number of nitrogens with zero attached hydrogens (tertiary/aromatic N) is 3. The summed E-state index contributed by atoms with van der Waals surface area (Å²) >= 11 is 6.01. The second kappa shape index (κ2) is 7.56. The summed E-state index contributed by atoms with van der Waals surface area (Å²) < 4.78 is 4.69. The van der Waals surface area contributed by atoms with E-state index in [1.807, 2.05) is 32.0 Å². The van der Waals surface area contributed by atoms with Crippen molar-refractivity contribution < 1.29 is 14.6 Å². The Morgan fingerprint density at radius 1 is 1.19 bits per heavy atom. The summed E-state index contributed by atoms with van der Waals surface area (Å²) in [4.78, 5) is 13.0.